The minimum Gasteiger partial charge on any atom is -0.384 e. The van der Waals surface area contributed by atoms with E-state index in [9.17, 15) is 4.79 Å². The van der Waals surface area contributed by atoms with E-state index in [2.05, 4.69) is 12.2 Å². The third-order valence-electron chi connectivity index (χ3n) is 5.04. The third-order valence-corrected chi connectivity index (χ3v) is 5.04. The summed E-state index contributed by atoms with van der Waals surface area (Å²) in [5.41, 5.74) is 9.74. The van der Waals surface area contributed by atoms with Gasteiger partial charge in [-0.3, -0.25) is 4.79 Å². The number of rotatable bonds is 8. The number of amides is 1. The molecule has 0 aliphatic rings. The lowest BCUT2D eigenvalue weighted by atomic mass is 10.2. The van der Waals surface area contributed by atoms with Crippen molar-refractivity contribution in [2.45, 2.75) is 65.5 Å². The highest BCUT2D eigenvalue weighted by molar-refractivity contribution is 6.10. The van der Waals surface area contributed by atoms with Gasteiger partial charge in [-0.1, -0.05) is 45.2 Å². The third kappa shape index (κ3) is 3.89. The number of fused-ring (bicyclic) bond motifs is 2. The van der Waals surface area contributed by atoms with Crippen molar-refractivity contribution < 1.29 is 4.79 Å². The molecule has 1 amide bonds. The van der Waals surface area contributed by atoms with Gasteiger partial charge in [0.15, 0.2) is 5.65 Å². The Kier molecular flexibility index (Phi) is 5.94. The molecular weight excluding hydrogens is 338 g/mol. The molecule has 1 atom stereocenters. The topological polar surface area (TPSA) is 85.8 Å². The zero-order chi connectivity index (χ0) is 19.4. The Morgan fingerprint density at radius 2 is 1.85 bits per heavy atom. The lowest BCUT2D eigenvalue weighted by Gasteiger charge is -2.11. The largest absolute Gasteiger partial charge is 0.384 e. The number of aryl methyl sites for hydroxylation is 1. The fourth-order valence-electron chi connectivity index (χ4n) is 3.26. The van der Waals surface area contributed by atoms with Gasteiger partial charge in [0.2, 0.25) is 0 Å². The average Bonchev–Trinajstić information content (AvgIpc) is 2.94. The smallest absolute Gasteiger partial charge is 0.257 e. The van der Waals surface area contributed by atoms with Crippen molar-refractivity contribution >= 4 is 33.9 Å². The number of carbonyl (C=O) groups is 1. The van der Waals surface area contributed by atoms with E-state index in [1.807, 2.05) is 42.7 Å². The number of nitrogens with one attached hydrogen (secondary N) is 1. The van der Waals surface area contributed by atoms with Gasteiger partial charge in [0, 0.05) is 12.6 Å². The molecule has 2 aromatic heterocycles. The number of nitrogen functional groups attached to an aromatic ring is 1. The van der Waals surface area contributed by atoms with E-state index in [0.717, 1.165) is 36.8 Å². The highest BCUT2D eigenvalue weighted by Gasteiger charge is 2.24. The van der Waals surface area contributed by atoms with Crippen LogP contribution < -0.4 is 11.1 Å². The van der Waals surface area contributed by atoms with Gasteiger partial charge in [0.25, 0.3) is 5.91 Å². The molecule has 144 valence electrons. The average molecular weight is 367 g/mol. The van der Waals surface area contributed by atoms with E-state index in [1.165, 1.54) is 12.8 Å². The molecule has 0 saturated heterocycles. The van der Waals surface area contributed by atoms with Crippen molar-refractivity contribution in [3.05, 3.63) is 29.8 Å². The number of aromatic nitrogens is 3. The van der Waals surface area contributed by atoms with Crippen molar-refractivity contribution in [1.29, 1.82) is 0 Å². The summed E-state index contributed by atoms with van der Waals surface area (Å²) in [4.78, 5) is 22.4. The summed E-state index contributed by atoms with van der Waals surface area (Å²) >= 11 is 0. The molecule has 6 heteroatoms. The van der Waals surface area contributed by atoms with Crippen LogP contribution in [0.5, 0.6) is 0 Å². The summed E-state index contributed by atoms with van der Waals surface area (Å²) in [6.07, 6.45) is 5.35. The van der Waals surface area contributed by atoms with E-state index >= 15 is 0 Å². The summed E-state index contributed by atoms with van der Waals surface area (Å²) < 4.78 is 1.95. The highest BCUT2D eigenvalue weighted by atomic mass is 16.1. The van der Waals surface area contributed by atoms with Crippen LogP contribution >= 0.6 is 0 Å². The Labute approximate surface area is 160 Å². The molecule has 0 unspecified atom stereocenters. The standard InChI is InChI=1S/C21H29N5O/c1-4-6-7-10-13-26-19(22)17(21(27)23-14(3)5-2)18-20(26)25-16-12-9-8-11-15(16)24-18/h8-9,11-12,14H,4-7,10,13,22H2,1-3H3,(H,23,27)/t14-/m0/s1. The SMILES string of the molecule is CCCCCCn1c(N)c(C(=O)N[C@@H](C)CC)c2nc3ccccc3nc21. The first-order valence-corrected chi connectivity index (χ1v) is 9.92. The first kappa shape index (κ1) is 19.1. The van der Waals surface area contributed by atoms with Gasteiger partial charge in [-0.05, 0) is 31.9 Å². The molecule has 3 rings (SSSR count). The normalized spacial score (nSPS) is 12.6. The Morgan fingerprint density at radius 3 is 2.52 bits per heavy atom. The Morgan fingerprint density at radius 1 is 1.15 bits per heavy atom. The molecule has 3 N–H and O–H groups in total. The van der Waals surface area contributed by atoms with E-state index in [4.69, 9.17) is 15.7 Å². The van der Waals surface area contributed by atoms with Crippen LogP contribution in [0.15, 0.2) is 24.3 Å². The second kappa shape index (κ2) is 8.37. The summed E-state index contributed by atoms with van der Waals surface area (Å²) in [7, 11) is 0. The number of anilines is 1. The van der Waals surface area contributed by atoms with Crippen LogP contribution in [0.3, 0.4) is 0 Å². The zero-order valence-corrected chi connectivity index (χ0v) is 16.5. The molecule has 0 saturated carbocycles. The zero-order valence-electron chi connectivity index (χ0n) is 16.5. The molecule has 0 aliphatic carbocycles. The molecule has 2 heterocycles. The maximum atomic E-state index is 12.9. The number of para-hydroxylation sites is 2. The summed E-state index contributed by atoms with van der Waals surface area (Å²) in [6, 6.07) is 7.79. The molecule has 0 aliphatic heterocycles. The summed E-state index contributed by atoms with van der Waals surface area (Å²) in [5.74, 6) is 0.279. The molecule has 0 fully saturated rings. The fraction of sp³-hybridized carbons (Fsp3) is 0.476. The molecule has 3 aromatic rings. The number of hydrogen-bond donors (Lipinski definition) is 2. The van der Waals surface area contributed by atoms with Gasteiger partial charge < -0.3 is 15.6 Å². The second-order valence-corrected chi connectivity index (χ2v) is 7.14. The second-order valence-electron chi connectivity index (χ2n) is 7.14. The maximum absolute atomic E-state index is 12.9. The van der Waals surface area contributed by atoms with Crippen molar-refractivity contribution in [2.75, 3.05) is 5.73 Å². The number of nitrogens with two attached hydrogens (primary N) is 1. The minimum atomic E-state index is -0.177. The maximum Gasteiger partial charge on any atom is 0.257 e. The van der Waals surface area contributed by atoms with Crippen LogP contribution in [0.1, 0.15) is 63.2 Å². The van der Waals surface area contributed by atoms with Crippen LogP contribution in [0.25, 0.3) is 22.2 Å². The van der Waals surface area contributed by atoms with Crippen molar-refractivity contribution in [3.8, 4) is 0 Å². The molecular formula is C21H29N5O. The van der Waals surface area contributed by atoms with Crippen LogP contribution in [0, 0.1) is 0 Å². The number of nitrogens with zero attached hydrogens (tertiary/aromatic N) is 3. The Hall–Kier alpha value is -2.63. The van der Waals surface area contributed by atoms with Crippen molar-refractivity contribution in [2.24, 2.45) is 0 Å². The molecule has 27 heavy (non-hydrogen) atoms. The summed E-state index contributed by atoms with van der Waals surface area (Å²) in [6.45, 7) is 6.96. The van der Waals surface area contributed by atoms with Gasteiger partial charge in [0.1, 0.15) is 16.9 Å². The molecule has 1 aromatic carbocycles. The van der Waals surface area contributed by atoms with Gasteiger partial charge in [-0.15, -0.1) is 0 Å². The quantitative estimate of drug-likeness (QED) is 0.582. The monoisotopic (exact) mass is 367 g/mol. The van der Waals surface area contributed by atoms with E-state index in [-0.39, 0.29) is 11.9 Å². The molecule has 6 nitrogen and oxygen atoms in total. The highest BCUT2D eigenvalue weighted by Crippen LogP contribution is 2.28. The van der Waals surface area contributed by atoms with E-state index in [0.29, 0.717) is 22.5 Å². The van der Waals surface area contributed by atoms with Gasteiger partial charge >= 0.3 is 0 Å². The fourth-order valence-corrected chi connectivity index (χ4v) is 3.26. The van der Waals surface area contributed by atoms with Crippen molar-refractivity contribution in [3.63, 3.8) is 0 Å². The van der Waals surface area contributed by atoms with Crippen LogP contribution in [0.4, 0.5) is 5.82 Å². The van der Waals surface area contributed by atoms with E-state index in [1.54, 1.807) is 0 Å². The minimum absolute atomic E-state index is 0.0771. The first-order valence-electron chi connectivity index (χ1n) is 9.92. The molecule has 0 spiro atoms. The molecule has 0 bridgehead atoms. The van der Waals surface area contributed by atoms with Gasteiger partial charge in [-0.25, -0.2) is 9.97 Å². The number of benzene rings is 1. The lowest BCUT2D eigenvalue weighted by Crippen LogP contribution is -2.32. The van der Waals surface area contributed by atoms with E-state index < -0.39 is 0 Å². The summed E-state index contributed by atoms with van der Waals surface area (Å²) in [5, 5.41) is 3.02. The van der Waals surface area contributed by atoms with Gasteiger partial charge in [-0.2, -0.15) is 0 Å². The Bertz CT molecular complexity index is 947. The Balaban J connectivity index is 2.10. The first-order chi connectivity index (χ1) is 13.1. The van der Waals surface area contributed by atoms with Gasteiger partial charge in [0.05, 0.1) is 11.0 Å². The number of hydrogen-bond acceptors (Lipinski definition) is 4. The van der Waals surface area contributed by atoms with Crippen LogP contribution in [0.2, 0.25) is 0 Å². The molecule has 0 radical (unpaired) electrons. The van der Waals surface area contributed by atoms with Crippen LogP contribution in [-0.4, -0.2) is 26.5 Å². The number of unbranched alkanes of at least 4 members (excludes halogenated alkanes) is 3. The lowest BCUT2D eigenvalue weighted by molar-refractivity contribution is 0.0941. The van der Waals surface area contributed by atoms with Crippen LogP contribution in [-0.2, 0) is 6.54 Å². The predicted octanol–water partition coefficient (Wildman–Crippen LogP) is 4.28. The number of carbonyl (C=O) groups excluding carboxylic acids is 1. The van der Waals surface area contributed by atoms with Crippen molar-refractivity contribution in [1.82, 2.24) is 19.9 Å². The predicted molar refractivity (Wildman–Crippen MR) is 111 cm³/mol.